The van der Waals surface area contributed by atoms with E-state index in [1.165, 1.54) is 0 Å². The number of β-amino-alcohol motifs (C(OH)–C–C–N with tert-alkyl or cyclic N) is 1. The molecule has 4 N–H and O–H groups in total. The van der Waals surface area contributed by atoms with Gasteiger partial charge in [-0.3, -0.25) is 4.90 Å². The lowest BCUT2D eigenvalue weighted by Gasteiger charge is -2.45. The normalized spacial score (nSPS) is 43.6. The number of nitrogens with zero attached hydrogens (tertiary/aromatic N) is 1. The average molecular weight is 289 g/mol. The van der Waals surface area contributed by atoms with Gasteiger partial charge in [0.05, 0.1) is 24.9 Å². The molecular weight excluding hydrogens is 262 g/mol. The summed E-state index contributed by atoms with van der Waals surface area (Å²) in [5, 5.41) is 38.9. The molecule has 0 unspecified atom stereocenters. The molecule has 0 aromatic rings. The summed E-state index contributed by atoms with van der Waals surface area (Å²) in [5.41, 5.74) is 0. The Labute approximate surface area is 120 Å². The van der Waals surface area contributed by atoms with Gasteiger partial charge in [0.2, 0.25) is 0 Å². The van der Waals surface area contributed by atoms with Gasteiger partial charge in [-0.25, -0.2) is 0 Å². The molecule has 0 bridgehead atoms. The van der Waals surface area contributed by atoms with Crippen molar-refractivity contribution >= 4 is 0 Å². The lowest BCUT2D eigenvalue weighted by Crippen LogP contribution is -2.63. The molecule has 0 radical (unpaired) electrons. The van der Waals surface area contributed by atoms with Gasteiger partial charge in [-0.2, -0.15) is 0 Å². The quantitative estimate of drug-likeness (QED) is 0.528. The van der Waals surface area contributed by atoms with Gasteiger partial charge >= 0.3 is 0 Å². The van der Waals surface area contributed by atoms with E-state index >= 15 is 0 Å². The van der Waals surface area contributed by atoms with Crippen molar-refractivity contribution in [3.05, 3.63) is 0 Å². The van der Waals surface area contributed by atoms with Crippen LogP contribution in [0.1, 0.15) is 25.7 Å². The SMILES string of the molecule is CO[C@H]1CC[C@@H](CN2C[C@H](O)[C@@H](O)[C@H](O)[C@@H]2CO)CC1. The van der Waals surface area contributed by atoms with Crippen LogP contribution < -0.4 is 0 Å². The van der Waals surface area contributed by atoms with Gasteiger partial charge < -0.3 is 25.2 Å². The summed E-state index contributed by atoms with van der Waals surface area (Å²) in [6.45, 7) is 0.828. The second kappa shape index (κ2) is 7.15. The van der Waals surface area contributed by atoms with E-state index in [4.69, 9.17) is 4.74 Å². The minimum atomic E-state index is -1.17. The van der Waals surface area contributed by atoms with Crippen molar-refractivity contribution in [1.29, 1.82) is 0 Å². The van der Waals surface area contributed by atoms with Gasteiger partial charge in [-0.05, 0) is 31.6 Å². The molecule has 0 aromatic carbocycles. The number of rotatable bonds is 4. The summed E-state index contributed by atoms with van der Waals surface area (Å²) in [6, 6.07) is -0.492. The zero-order chi connectivity index (χ0) is 14.7. The van der Waals surface area contributed by atoms with Crippen molar-refractivity contribution in [2.24, 2.45) is 5.92 Å². The van der Waals surface area contributed by atoms with Crippen LogP contribution in [0.25, 0.3) is 0 Å². The third-order valence-corrected chi connectivity index (χ3v) is 4.84. The van der Waals surface area contributed by atoms with Crippen molar-refractivity contribution in [1.82, 2.24) is 4.90 Å². The Balaban J connectivity index is 1.90. The third-order valence-electron chi connectivity index (χ3n) is 4.84. The second-order valence-corrected chi connectivity index (χ2v) is 6.13. The predicted octanol–water partition coefficient (Wildman–Crippen LogP) is -1.05. The van der Waals surface area contributed by atoms with Crippen LogP contribution in [-0.4, -0.2) is 82.6 Å². The molecule has 1 saturated carbocycles. The molecular formula is C14H27NO5. The molecule has 2 rings (SSSR count). The fourth-order valence-corrected chi connectivity index (χ4v) is 3.47. The maximum Gasteiger partial charge on any atom is 0.109 e. The van der Waals surface area contributed by atoms with Crippen molar-refractivity contribution in [2.45, 2.75) is 56.1 Å². The van der Waals surface area contributed by atoms with Crippen molar-refractivity contribution in [2.75, 3.05) is 26.8 Å². The van der Waals surface area contributed by atoms with E-state index < -0.39 is 24.4 Å². The summed E-state index contributed by atoms with van der Waals surface area (Å²) in [4.78, 5) is 1.92. The number of hydrogen-bond donors (Lipinski definition) is 4. The Morgan fingerprint density at radius 3 is 2.25 bits per heavy atom. The first-order valence-electron chi connectivity index (χ1n) is 7.48. The zero-order valence-corrected chi connectivity index (χ0v) is 12.1. The molecule has 0 amide bonds. The highest BCUT2D eigenvalue weighted by Crippen LogP contribution is 2.29. The zero-order valence-electron chi connectivity index (χ0n) is 12.1. The van der Waals surface area contributed by atoms with Gasteiger partial charge in [0.1, 0.15) is 12.2 Å². The molecule has 6 nitrogen and oxygen atoms in total. The van der Waals surface area contributed by atoms with E-state index in [0.29, 0.717) is 18.6 Å². The molecule has 2 fully saturated rings. The molecule has 1 aliphatic carbocycles. The lowest BCUT2D eigenvalue weighted by atomic mass is 9.85. The standard InChI is InChI=1S/C14H27NO5/c1-20-10-4-2-9(3-5-10)6-15-7-12(17)14(19)13(18)11(15)8-16/h9-14,16-19H,2-8H2,1H3/t9-,10+,11-,12-,13+,14+/m0/s1. The summed E-state index contributed by atoms with van der Waals surface area (Å²) in [6.07, 6.45) is 1.30. The first-order chi connectivity index (χ1) is 9.56. The largest absolute Gasteiger partial charge is 0.395 e. The van der Waals surface area contributed by atoms with E-state index in [1.807, 2.05) is 4.90 Å². The minimum Gasteiger partial charge on any atom is -0.395 e. The highest BCUT2D eigenvalue weighted by atomic mass is 16.5. The van der Waals surface area contributed by atoms with E-state index in [2.05, 4.69) is 0 Å². The molecule has 1 aliphatic heterocycles. The van der Waals surface area contributed by atoms with Gasteiger partial charge in [0, 0.05) is 20.2 Å². The molecule has 20 heavy (non-hydrogen) atoms. The van der Waals surface area contributed by atoms with Crippen LogP contribution in [0.4, 0.5) is 0 Å². The monoisotopic (exact) mass is 289 g/mol. The maximum atomic E-state index is 9.96. The van der Waals surface area contributed by atoms with E-state index in [1.54, 1.807) is 7.11 Å². The first-order valence-corrected chi connectivity index (χ1v) is 7.48. The Morgan fingerprint density at radius 1 is 1.05 bits per heavy atom. The van der Waals surface area contributed by atoms with Crippen molar-refractivity contribution in [3.8, 4) is 0 Å². The number of piperidine rings is 1. The number of aliphatic hydroxyl groups excluding tert-OH is 4. The van der Waals surface area contributed by atoms with Gasteiger partial charge in [-0.15, -0.1) is 0 Å². The van der Waals surface area contributed by atoms with Crippen LogP contribution >= 0.6 is 0 Å². The second-order valence-electron chi connectivity index (χ2n) is 6.13. The van der Waals surface area contributed by atoms with Crippen LogP contribution in [0.15, 0.2) is 0 Å². The predicted molar refractivity (Wildman–Crippen MR) is 73.2 cm³/mol. The van der Waals surface area contributed by atoms with Crippen LogP contribution in [0.2, 0.25) is 0 Å². The molecule has 1 saturated heterocycles. The van der Waals surface area contributed by atoms with Gasteiger partial charge in [0.25, 0.3) is 0 Å². The van der Waals surface area contributed by atoms with Gasteiger partial charge in [-0.1, -0.05) is 0 Å². The van der Waals surface area contributed by atoms with E-state index in [-0.39, 0.29) is 6.61 Å². The Kier molecular flexibility index (Phi) is 5.77. The summed E-state index contributed by atoms with van der Waals surface area (Å²) in [7, 11) is 1.74. The van der Waals surface area contributed by atoms with E-state index in [9.17, 15) is 20.4 Å². The Bertz CT molecular complexity index is 295. The molecule has 4 atom stereocenters. The minimum absolute atomic E-state index is 0.210. The smallest absolute Gasteiger partial charge is 0.109 e. The maximum absolute atomic E-state index is 9.96. The fourth-order valence-electron chi connectivity index (χ4n) is 3.47. The number of aliphatic hydroxyl groups is 4. The average Bonchev–Trinajstić information content (AvgIpc) is 2.46. The lowest BCUT2D eigenvalue weighted by molar-refractivity contribution is -0.148. The Morgan fingerprint density at radius 2 is 1.70 bits per heavy atom. The first kappa shape index (κ1) is 16.1. The van der Waals surface area contributed by atoms with Crippen LogP contribution in [-0.2, 0) is 4.74 Å². The van der Waals surface area contributed by atoms with E-state index in [0.717, 1.165) is 32.2 Å². The Hall–Kier alpha value is -0.240. The van der Waals surface area contributed by atoms with Crippen molar-refractivity contribution in [3.63, 3.8) is 0 Å². The van der Waals surface area contributed by atoms with Gasteiger partial charge in [0.15, 0.2) is 0 Å². The van der Waals surface area contributed by atoms with Crippen molar-refractivity contribution < 1.29 is 25.2 Å². The molecule has 118 valence electrons. The summed E-state index contributed by atoms with van der Waals surface area (Å²) >= 11 is 0. The topological polar surface area (TPSA) is 93.4 Å². The van der Waals surface area contributed by atoms with Crippen LogP contribution in [0.3, 0.4) is 0 Å². The molecule has 1 heterocycles. The number of hydrogen-bond acceptors (Lipinski definition) is 6. The number of ether oxygens (including phenoxy) is 1. The highest BCUT2D eigenvalue weighted by Gasteiger charge is 2.41. The number of methoxy groups -OCH3 is 1. The third kappa shape index (κ3) is 3.50. The molecule has 2 aliphatic rings. The summed E-state index contributed by atoms with van der Waals surface area (Å²) < 4.78 is 5.35. The molecule has 0 spiro atoms. The summed E-state index contributed by atoms with van der Waals surface area (Å²) in [5.74, 6) is 0.491. The molecule has 6 heteroatoms. The van der Waals surface area contributed by atoms with Crippen LogP contribution in [0.5, 0.6) is 0 Å². The molecule has 0 aromatic heterocycles. The fraction of sp³-hybridized carbons (Fsp3) is 1.00. The number of likely N-dealkylation sites (tertiary alicyclic amines) is 1. The van der Waals surface area contributed by atoms with Crippen LogP contribution in [0, 0.1) is 5.92 Å². The highest BCUT2D eigenvalue weighted by molar-refractivity contribution is 4.95.